The van der Waals surface area contributed by atoms with Crippen LogP contribution in [0, 0.1) is 16.7 Å². The first kappa shape index (κ1) is 14.5. The number of hydrogen-bond donors (Lipinski definition) is 0. The minimum Gasteiger partial charge on any atom is -0.340 e. The third kappa shape index (κ3) is 3.24. The Morgan fingerprint density at radius 2 is 2.00 bits per heavy atom. The summed E-state index contributed by atoms with van der Waals surface area (Å²) in [4.78, 5) is 13.8. The monoisotopic (exact) mass is 264 g/mol. The first-order chi connectivity index (χ1) is 8.42. The molecule has 0 aliphatic carbocycles. The first-order valence-corrected chi connectivity index (χ1v) is 6.22. The number of benzene rings is 1. The number of nitriles is 1. The molecule has 0 saturated carbocycles. The fourth-order valence-corrected chi connectivity index (χ4v) is 1.76. The van der Waals surface area contributed by atoms with Crippen molar-refractivity contribution >= 4 is 17.5 Å². The molecule has 3 nitrogen and oxygen atoms in total. The number of carbonyl (C=O) groups is 1. The second-order valence-electron chi connectivity index (χ2n) is 4.59. The third-order valence-corrected chi connectivity index (χ3v) is 3.36. The highest BCUT2D eigenvalue weighted by molar-refractivity contribution is 6.30. The highest BCUT2D eigenvalue weighted by atomic mass is 35.5. The van der Waals surface area contributed by atoms with Gasteiger partial charge in [-0.05, 0) is 31.0 Å². The van der Waals surface area contributed by atoms with Crippen LogP contribution in [-0.2, 0) is 11.3 Å². The van der Waals surface area contributed by atoms with Gasteiger partial charge in [0.05, 0.1) is 6.07 Å². The van der Waals surface area contributed by atoms with Gasteiger partial charge < -0.3 is 4.90 Å². The maximum Gasteiger partial charge on any atom is 0.242 e. The van der Waals surface area contributed by atoms with E-state index in [0.29, 0.717) is 18.0 Å². The largest absolute Gasteiger partial charge is 0.340 e. The van der Waals surface area contributed by atoms with Crippen molar-refractivity contribution in [3.63, 3.8) is 0 Å². The predicted octanol–water partition coefficient (Wildman–Crippen LogP) is 3.24. The molecule has 0 aromatic heterocycles. The van der Waals surface area contributed by atoms with Gasteiger partial charge in [0.1, 0.15) is 5.41 Å². The molecule has 96 valence electrons. The van der Waals surface area contributed by atoms with Crippen molar-refractivity contribution in [1.82, 2.24) is 4.90 Å². The molecule has 18 heavy (non-hydrogen) atoms. The molecule has 0 aliphatic heterocycles. The normalized spacial score (nSPS) is 13.5. The van der Waals surface area contributed by atoms with Gasteiger partial charge in [0.2, 0.25) is 5.91 Å². The van der Waals surface area contributed by atoms with Crippen LogP contribution in [0.5, 0.6) is 0 Å². The minimum absolute atomic E-state index is 0.151. The molecule has 4 heteroatoms. The van der Waals surface area contributed by atoms with Crippen LogP contribution >= 0.6 is 11.6 Å². The molecule has 1 amide bonds. The van der Waals surface area contributed by atoms with Gasteiger partial charge in [-0.2, -0.15) is 5.26 Å². The van der Waals surface area contributed by atoms with Crippen LogP contribution < -0.4 is 0 Å². The van der Waals surface area contributed by atoms with E-state index < -0.39 is 5.41 Å². The van der Waals surface area contributed by atoms with E-state index in [1.165, 1.54) is 0 Å². The van der Waals surface area contributed by atoms with Gasteiger partial charge in [-0.3, -0.25) is 4.79 Å². The Morgan fingerprint density at radius 1 is 1.44 bits per heavy atom. The molecule has 1 unspecified atom stereocenters. The molecule has 1 atom stereocenters. The Kier molecular flexibility index (Phi) is 4.75. The van der Waals surface area contributed by atoms with E-state index in [-0.39, 0.29) is 5.91 Å². The smallest absolute Gasteiger partial charge is 0.242 e. The van der Waals surface area contributed by atoms with Crippen molar-refractivity contribution in [2.75, 3.05) is 7.05 Å². The SMILES string of the molecule is CCC(C)(C#N)C(=O)N(C)Cc1ccc(Cl)cc1. The van der Waals surface area contributed by atoms with Crippen LogP contribution in [0.25, 0.3) is 0 Å². The summed E-state index contributed by atoms with van der Waals surface area (Å²) in [5, 5.41) is 9.76. The van der Waals surface area contributed by atoms with Crippen LogP contribution in [0.15, 0.2) is 24.3 Å². The van der Waals surface area contributed by atoms with Gasteiger partial charge in [-0.25, -0.2) is 0 Å². The lowest BCUT2D eigenvalue weighted by Crippen LogP contribution is -2.38. The van der Waals surface area contributed by atoms with Crippen LogP contribution in [0.3, 0.4) is 0 Å². The molecule has 0 aliphatic rings. The number of halogens is 1. The Bertz CT molecular complexity index is 464. The average molecular weight is 265 g/mol. The molecule has 1 aromatic rings. The van der Waals surface area contributed by atoms with Gasteiger partial charge in [-0.15, -0.1) is 0 Å². The van der Waals surface area contributed by atoms with E-state index in [1.807, 2.05) is 19.1 Å². The zero-order valence-corrected chi connectivity index (χ0v) is 11.7. The van der Waals surface area contributed by atoms with E-state index >= 15 is 0 Å². The first-order valence-electron chi connectivity index (χ1n) is 5.84. The second-order valence-corrected chi connectivity index (χ2v) is 5.02. The number of rotatable bonds is 4. The zero-order valence-electron chi connectivity index (χ0n) is 10.9. The molecule has 0 heterocycles. The second kappa shape index (κ2) is 5.88. The molecular formula is C14H17ClN2O. The molecule has 0 radical (unpaired) electrons. The topological polar surface area (TPSA) is 44.1 Å². The van der Waals surface area contributed by atoms with Crippen molar-refractivity contribution in [2.45, 2.75) is 26.8 Å². The lowest BCUT2D eigenvalue weighted by atomic mass is 9.88. The zero-order chi connectivity index (χ0) is 13.8. The maximum atomic E-state index is 12.2. The molecular weight excluding hydrogens is 248 g/mol. The maximum absolute atomic E-state index is 12.2. The third-order valence-electron chi connectivity index (χ3n) is 3.11. The Hall–Kier alpha value is -1.53. The highest BCUT2D eigenvalue weighted by Gasteiger charge is 2.33. The van der Waals surface area contributed by atoms with Crippen molar-refractivity contribution in [3.8, 4) is 6.07 Å². The number of carbonyl (C=O) groups excluding carboxylic acids is 1. The summed E-state index contributed by atoms with van der Waals surface area (Å²) in [7, 11) is 1.71. The fourth-order valence-electron chi connectivity index (χ4n) is 1.63. The summed E-state index contributed by atoms with van der Waals surface area (Å²) in [5.41, 5.74) is 0.0490. The van der Waals surface area contributed by atoms with Crippen molar-refractivity contribution in [3.05, 3.63) is 34.9 Å². The summed E-state index contributed by atoms with van der Waals surface area (Å²) in [6.07, 6.45) is 0.507. The molecule has 1 rings (SSSR count). The molecule has 0 spiro atoms. The summed E-state index contributed by atoms with van der Waals surface area (Å²) in [5.74, 6) is -0.151. The van der Waals surface area contributed by atoms with Crippen LogP contribution in [0.1, 0.15) is 25.8 Å². The number of nitrogens with zero attached hydrogens (tertiary/aromatic N) is 2. The summed E-state index contributed by atoms with van der Waals surface area (Å²) >= 11 is 5.80. The van der Waals surface area contributed by atoms with Gasteiger partial charge in [-0.1, -0.05) is 30.7 Å². The molecule has 0 N–H and O–H groups in total. The summed E-state index contributed by atoms with van der Waals surface area (Å²) in [6, 6.07) is 9.43. The fraction of sp³-hybridized carbons (Fsp3) is 0.429. The Labute approximate surface area is 113 Å². The Morgan fingerprint density at radius 3 is 2.44 bits per heavy atom. The van der Waals surface area contributed by atoms with Gasteiger partial charge in [0, 0.05) is 18.6 Å². The average Bonchev–Trinajstić information content (AvgIpc) is 2.39. The van der Waals surface area contributed by atoms with Crippen LogP contribution in [0.2, 0.25) is 5.02 Å². The van der Waals surface area contributed by atoms with Gasteiger partial charge in [0.25, 0.3) is 0 Å². The quantitative estimate of drug-likeness (QED) is 0.838. The summed E-state index contributed by atoms with van der Waals surface area (Å²) < 4.78 is 0. The van der Waals surface area contributed by atoms with Crippen molar-refractivity contribution < 1.29 is 4.79 Å². The molecule has 0 bridgehead atoms. The van der Waals surface area contributed by atoms with Crippen LogP contribution in [-0.4, -0.2) is 17.9 Å². The van der Waals surface area contributed by atoms with Gasteiger partial charge in [0.15, 0.2) is 0 Å². The van der Waals surface area contributed by atoms with Gasteiger partial charge >= 0.3 is 0 Å². The van der Waals surface area contributed by atoms with E-state index in [0.717, 1.165) is 5.56 Å². The Balaban J connectivity index is 2.77. The predicted molar refractivity (Wildman–Crippen MR) is 71.9 cm³/mol. The van der Waals surface area contributed by atoms with E-state index in [9.17, 15) is 4.79 Å². The van der Waals surface area contributed by atoms with E-state index in [1.54, 1.807) is 31.0 Å². The lowest BCUT2D eigenvalue weighted by molar-refractivity contribution is -0.137. The molecule has 0 fully saturated rings. The molecule has 1 aromatic carbocycles. The minimum atomic E-state index is -0.943. The number of amides is 1. The molecule has 0 saturated heterocycles. The lowest BCUT2D eigenvalue weighted by Gasteiger charge is -2.26. The van der Waals surface area contributed by atoms with E-state index in [4.69, 9.17) is 16.9 Å². The number of hydrogen-bond acceptors (Lipinski definition) is 2. The van der Waals surface area contributed by atoms with Crippen molar-refractivity contribution in [1.29, 1.82) is 5.26 Å². The van der Waals surface area contributed by atoms with Crippen LogP contribution in [0.4, 0.5) is 0 Å². The standard InChI is InChI=1S/C14H17ClN2O/c1-4-14(2,10-16)13(18)17(3)9-11-5-7-12(15)8-6-11/h5-8H,4,9H2,1-3H3. The summed E-state index contributed by atoms with van der Waals surface area (Å²) in [6.45, 7) is 4.00. The van der Waals surface area contributed by atoms with Crippen molar-refractivity contribution in [2.24, 2.45) is 5.41 Å². The highest BCUT2D eigenvalue weighted by Crippen LogP contribution is 2.23. The van der Waals surface area contributed by atoms with E-state index in [2.05, 4.69) is 6.07 Å².